The molecule has 1 saturated heterocycles. The molecule has 24 heavy (non-hydrogen) atoms. The number of carbonyl (C=O) groups is 1. The molecule has 0 N–H and O–H groups in total. The van der Waals surface area contributed by atoms with Gasteiger partial charge in [-0.25, -0.2) is 9.37 Å². The van der Waals surface area contributed by atoms with Gasteiger partial charge in [0.25, 0.3) is 0 Å². The van der Waals surface area contributed by atoms with E-state index in [9.17, 15) is 9.18 Å². The summed E-state index contributed by atoms with van der Waals surface area (Å²) in [6.07, 6.45) is 1.64. The van der Waals surface area contributed by atoms with E-state index in [1.165, 1.54) is 12.1 Å². The second kappa shape index (κ2) is 7.68. The topological polar surface area (TPSA) is 36.4 Å². The summed E-state index contributed by atoms with van der Waals surface area (Å²) in [7, 11) is 0. The molecular weight excluding hydrogens is 325 g/mol. The molecule has 0 unspecified atom stereocenters. The van der Waals surface area contributed by atoms with E-state index >= 15 is 0 Å². The molecule has 2 aromatic rings. The van der Waals surface area contributed by atoms with Crippen molar-refractivity contribution in [3.8, 4) is 0 Å². The lowest BCUT2D eigenvalue weighted by molar-refractivity contribution is -0.127. The first-order valence-corrected chi connectivity index (χ1v) is 8.88. The first-order chi connectivity index (χ1) is 11.6. The molecule has 1 amide bonds. The molecule has 0 spiro atoms. The van der Waals surface area contributed by atoms with Gasteiger partial charge in [0, 0.05) is 44.2 Å². The Labute approximate surface area is 145 Å². The highest BCUT2D eigenvalue weighted by atomic mass is 32.1. The number of piperazine rings is 1. The monoisotopic (exact) mass is 345 g/mol. The Balaban J connectivity index is 1.54. The van der Waals surface area contributed by atoms with Gasteiger partial charge in [-0.15, -0.1) is 11.3 Å². The normalized spacial score (nSPS) is 16.4. The lowest BCUT2D eigenvalue weighted by atomic mass is 10.1. The van der Waals surface area contributed by atoms with Crippen LogP contribution in [0.15, 0.2) is 41.2 Å². The first-order valence-electron chi connectivity index (χ1n) is 7.94. The fraction of sp³-hybridized carbons (Fsp3) is 0.333. The summed E-state index contributed by atoms with van der Waals surface area (Å²) in [4.78, 5) is 20.9. The highest BCUT2D eigenvalue weighted by molar-refractivity contribution is 7.07. The number of halogens is 1. The number of thiazole rings is 1. The van der Waals surface area contributed by atoms with Crippen molar-refractivity contribution in [2.75, 3.05) is 26.2 Å². The molecule has 6 heteroatoms. The lowest BCUT2D eigenvalue weighted by Crippen LogP contribution is -2.47. The average molecular weight is 345 g/mol. The number of amides is 1. The standard InChI is InChI=1S/C18H20FN3OS/c1-14(15-2-4-16(19)5-3-15)10-18(23)22-8-6-21(7-9-22)11-17-12-24-13-20-17/h2-5,10,12-13H,6-9,11H2,1H3. The van der Waals surface area contributed by atoms with Crippen LogP contribution in [0, 0.1) is 5.82 Å². The van der Waals surface area contributed by atoms with Crippen LogP contribution in [0.4, 0.5) is 4.39 Å². The zero-order valence-corrected chi connectivity index (χ0v) is 14.4. The number of nitrogens with zero attached hydrogens (tertiary/aromatic N) is 3. The van der Waals surface area contributed by atoms with Gasteiger partial charge in [-0.1, -0.05) is 12.1 Å². The van der Waals surface area contributed by atoms with Gasteiger partial charge >= 0.3 is 0 Å². The van der Waals surface area contributed by atoms with Gasteiger partial charge in [0.15, 0.2) is 0 Å². The predicted octanol–water partition coefficient (Wildman–Crippen LogP) is 3.03. The van der Waals surface area contributed by atoms with Gasteiger partial charge in [0.1, 0.15) is 5.82 Å². The minimum absolute atomic E-state index is 0.0186. The molecule has 0 aliphatic carbocycles. The minimum atomic E-state index is -0.269. The van der Waals surface area contributed by atoms with E-state index in [1.807, 2.05) is 17.3 Å². The van der Waals surface area contributed by atoms with Crippen LogP contribution in [0.1, 0.15) is 18.2 Å². The summed E-state index contributed by atoms with van der Waals surface area (Å²) in [5.74, 6) is -0.251. The number of allylic oxidation sites excluding steroid dienone is 1. The number of aromatic nitrogens is 1. The third kappa shape index (κ3) is 4.27. The van der Waals surface area contributed by atoms with Crippen LogP contribution in [0.5, 0.6) is 0 Å². The van der Waals surface area contributed by atoms with Crippen molar-refractivity contribution in [1.29, 1.82) is 0 Å². The van der Waals surface area contributed by atoms with Crippen molar-refractivity contribution < 1.29 is 9.18 Å². The van der Waals surface area contributed by atoms with Crippen molar-refractivity contribution in [2.24, 2.45) is 0 Å². The number of hydrogen-bond acceptors (Lipinski definition) is 4. The van der Waals surface area contributed by atoms with Crippen molar-refractivity contribution in [3.05, 3.63) is 58.3 Å². The molecule has 1 aromatic heterocycles. The molecule has 1 aliphatic rings. The maximum absolute atomic E-state index is 13.0. The maximum atomic E-state index is 13.0. The largest absolute Gasteiger partial charge is 0.337 e. The van der Waals surface area contributed by atoms with Crippen LogP contribution in [-0.2, 0) is 11.3 Å². The van der Waals surface area contributed by atoms with Crippen LogP contribution in [-0.4, -0.2) is 46.9 Å². The molecule has 4 nitrogen and oxygen atoms in total. The van der Waals surface area contributed by atoms with E-state index in [-0.39, 0.29) is 11.7 Å². The van der Waals surface area contributed by atoms with E-state index in [1.54, 1.807) is 29.5 Å². The van der Waals surface area contributed by atoms with E-state index in [4.69, 9.17) is 0 Å². The van der Waals surface area contributed by atoms with Crippen LogP contribution in [0.25, 0.3) is 5.57 Å². The Hall–Kier alpha value is -2.05. The Morgan fingerprint density at radius 3 is 2.58 bits per heavy atom. The number of hydrogen-bond donors (Lipinski definition) is 0. The molecule has 2 heterocycles. The second-order valence-corrected chi connectivity index (χ2v) is 6.63. The van der Waals surface area contributed by atoms with E-state index in [0.717, 1.165) is 49.6 Å². The summed E-state index contributed by atoms with van der Waals surface area (Å²) < 4.78 is 13.0. The quantitative estimate of drug-likeness (QED) is 0.799. The fourth-order valence-electron chi connectivity index (χ4n) is 2.74. The van der Waals surface area contributed by atoms with Crippen LogP contribution < -0.4 is 0 Å². The molecule has 1 aliphatic heterocycles. The van der Waals surface area contributed by atoms with Gasteiger partial charge < -0.3 is 4.90 Å². The summed E-state index contributed by atoms with van der Waals surface area (Å²) in [5, 5.41) is 2.06. The molecule has 3 rings (SSSR count). The first kappa shape index (κ1) is 16.8. The van der Waals surface area contributed by atoms with Crippen LogP contribution in [0.3, 0.4) is 0 Å². The predicted molar refractivity (Wildman–Crippen MR) is 94.0 cm³/mol. The van der Waals surface area contributed by atoms with Crippen LogP contribution in [0.2, 0.25) is 0 Å². The van der Waals surface area contributed by atoms with Gasteiger partial charge in [0.05, 0.1) is 11.2 Å². The molecule has 0 atom stereocenters. The number of carbonyl (C=O) groups excluding carboxylic acids is 1. The number of benzene rings is 1. The molecule has 1 aromatic carbocycles. The summed E-state index contributed by atoms with van der Waals surface area (Å²) in [6, 6.07) is 6.21. The third-order valence-electron chi connectivity index (χ3n) is 4.19. The maximum Gasteiger partial charge on any atom is 0.246 e. The highest BCUT2D eigenvalue weighted by Crippen LogP contribution is 2.15. The SMILES string of the molecule is CC(=CC(=O)N1CCN(Cc2cscn2)CC1)c1ccc(F)cc1. The fourth-order valence-corrected chi connectivity index (χ4v) is 3.29. The molecule has 126 valence electrons. The Kier molecular flexibility index (Phi) is 5.37. The van der Waals surface area contributed by atoms with Crippen molar-refractivity contribution in [2.45, 2.75) is 13.5 Å². The zero-order valence-electron chi connectivity index (χ0n) is 13.6. The molecule has 0 radical (unpaired) electrons. The van der Waals surface area contributed by atoms with E-state index in [2.05, 4.69) is 15.3 Å². The van der Waals surface area contributed by atoms with Crippen molar-refractivity contribution >= 4 is 22.8 Å². The zero-order chi connectivity index (χ0) is 16.9. The Bertz CT molecular complexity index is 704. The second-order valence-electron chi connectivity index (χ2n) is 5.92. The van der Waals surface area contributed by atoms with Crippen molar-refractivity contribution in [1.82, 2.24) is 14.8 Å². The number of rotatable bonds is 4. The Morgan fingerprint density at radius 2 is 1.96 bits per heavy atom. The highest BCUT2D eigenvalue weighted by Gasteiger charge is 2.20. The smallest absolute Gasteiger partial charge is 0.246 e. The van der Waals surface area contributed by atoms with Gasteiger partial charge in [0.2, 0.25) is 5.91 Å². The molecular formula is C18H20FN3OS. The summed E-state index contributed by atoms with van der Waals surface area (Å²) in [5.41, 5.74) is 4.65. The molecule has 0 saturated carbocycles. The van der Waals surface area contributed by atoms with Gasteiger partial charge in [-0.3, -0.25) is 9.69 Å². The molecule has 1 fully saturated rings. The Morgan fingerprint density at radius 1 is 1.25 bits per heavy atom. The van der Waals surface area contributed by atoms with Gasteiger partial charge in [-0.2, -0.15) is 0 Å². The van der Waals surface area contributed by atoms with Gasteiger partial charge in [-0.05, 0) is 30.2 Å². The third-order valence-corrected chi connectivity index (χ3v) is 4.83. The molecule has 0 bridgehead atoms. The minimum Gasteiger partial charge on any atom is -0.337 e. The van der Waals surface area contributed by atoms with Crippen LogP contribution >= 0.6 is 11.3 Å². The lowest BCUT2D eigenvalue weighted by Gasteiger charge is -2.33. The summed E-state index contributed by atoms with van der Waals surface area (Å²) >= 11 is 1.61. The summed E-state index contributed by atoms with van der Waals surface area (Å²) in [6.45, 7) is 5.87. The van der Waals surface area contributed by atoms with Crippen molar-refractivity contribution in [3.63, 3.8) is 0 Å². The van der Waals surface area contributed by atoms with E-state index in [0.29, 0.717) is 0 Å². The average Bonchev–Trinajstić information content (AvgIpc) is 3.09. The van der Waals surface area contributed by atoms with E-state index < -0.39 is 0 Å².